The van der Waals surface area contributed by atoms with Crippen molar-refractivity contribution in [2.75, 3.05) is 7.11 Å². The van der Waals surface area contributed by atoms with Crippen LogP contribution in [0.2, 0.25) is 0 Å². The number of ether oxygens (including phenoxy) is 1. The number of allylic oxidation sites excluding steroid dienone is 3. The predicted molar refractivity (Wildman–Crippen MR) is 81.3 cm³/mol. The maximum Gasteiger partial charge on any atom is 0.309 e. The van der Waals surface area contributed by atoms with Crippen molar-refractivity contribution >= 4 is 5.97 Å². The van der Waals surface area contributed by atoms with E-state index in [4.69, 9.17) is 4.74 Å². The molecule has 21 heavy (non-hydrogen) atoms. The molecule has 0 aromatic heterocycles. The van der Waals surface area contributed by atoms with Gasteiger partial charge in [0.05, 0.1) is 19.1 Å². The topological polar surface area (TPSA) is 46.5 Å². The first-order valence-electron chi connectivity index (χ1n) is 8.15. The van der Waals surface area contributed by atoms with Crippen LogP contribution in [0.5, 0.6) is 0 Å². The van der Waals surface area contributed by atoms with Crippen LogP contribution in [-0.4, -0.2) is 24.3 Å². The highest BCUT2D eigenvalue weighted by atomic mass is 16.5. The molecule has 1 N–H and O–H groups in total. The largest absolute Gasteiger partial charge is 0.469 e. The summed E-state index contributed by atoms with van der Waals surface area (Å²) >= 11 is 0. The van der Waals surface area contributed by atoms with Gasteiger partial charge in [0.1, 0.15) is 0 Å². The Balaban J connectivity index is 1.95. The van der Waals surface area contributed by atoms with Gasteiger partial charge in [-0.1, -0.05) is 31.6 Å². The molecule has 116 valence electrons. The molecule has 0 aromatic rings. The Hall–Kier alpha value is -1.09. The standard InChI is InChI=1S/C18H26O3/c1-4-11-6-8-12-14-9-10(2)5-7-13(14)17(19)16(12)15(11)18(20)21-3/h4,6,8,10-17,19H,1,5,7,9H2,2-3H3/t10-,11+,12+,13-,14+,15+,16+,17+/m1/s1. The van der Waals surface area contributed by atoms with Gasteiger partial charge in [0, 0.05) is 11.8 Å². The summed E-state index contributed by atoms with van der Waals surface area (Å²) in [6.45, 7) is 6.15. The Morgan fingerprint density at radius 1 is 1.33 bits per heavy atom. The molecule has 2 saturated carbocycles. The lowest BCUT2D eigenvalue weighted by atomic mass is 9.68. The molecule has 0 unspecified atom stereocenters. The highest BCUT2D eigenvalue weighted by molar-refractivity contribution is 5.74. The predicted octanol–water partition coefficient (Wildman–Crippen LogP) is 2.81. The van der Waals surface area contributed by atoms with Crippen molar-refractivity contribution in [1.29, 1.82) is 0 Å². The molecule has 0 bridgehead atoms. The first kappa shape index (κ1) is 14.8. The molecule has 0 aliphatic heterocycles. The number of esters is 1. The summed E-state index contributed by atoms with van der Waals surface area (Å²) in [6.07, 6.45) is 9.21. The zero-order valence-electron chi connectivity index (χ0n) is 12.9. The van der Waals surface area contributed by atoms with Gasteiger partial charge in [-0.2, -0.15) is 0 Å². The fourth-order valence-electron chi connectivity index (χ4n) is 5.14. The minimum absolute atomic E-state index is 0.00856. The van der Waals surface area contributed by atoms with Crippen LogP contribution < -0.4 is 0 Å². The summed E-state index contributed by atoms with van der Waals surface area (Å²) in [5, 5.41) is 10.9. The van der Waals surface area contributed by atoms with E-state index >= 15 is 0 Å². The van der Waals surface area contributed by atoms with Gasteiger partial charge in [-0.05, 0) is 36.5 Å². The number of methoxy groups -OCH3 is 1. The van der Waals surface area contributed by atoms with Crippen LogP contribution in [0.4, 0.5) is 0 Å². The maximum atomic E-state index is 12.3. The Morgan fingerprint density at radius 2 is 2.10 bits per heavy atom. The minimum Gasteiger partial charge on any atom is -0.469 e. The number of rotatable bonds is 2. The third-order valence-corrected chi connectivity index (χ3v) is 6.12. The Bertz CT molecular complexity index is 455. The van der Waals surface area contributed by atoms with E-state index in [0.717, 1.165) is 12.3 Å². The van der Waals surface area contributed by atoms with Crippen molar-refractivity contribution in [3.8, 4) is 0 Å². The molecule has 0 heterocycles. The van der Waals surface area contributed by atoms with Crippen LogP contribution in [0, 0.1) is 41.4 Å². The van der Waals surface area contributed by atoms with Crippen LogP contribution in [0.15, 0.2) is 24.8 Å². The van der Waals surface area contributed by atoms with E-state index in [-0.39, 0.29) is 29.8 Å². The van der Waals surface area contributed by atoms with Crippen LogP contribution in [0.25, 0.3) is 0 Å². The number of carbonyl (C=O) groups excluding carboxylic acids is 1. The van der Waals surface area contributed by atoms with Gasteiger partial charge in [0.2, 0.25) is 0 Å². The van der Waals surface area contributed by atoms with Crippen LogP contribution >= 0.6 is 0 Å². The Labute approximate surface area is 127 Å². The number of aliphatic hydroxyl groups excluding tert-OH is 1. The molecule has 0 amide bonds. The van der Waals surface area contributed by atoms with Gasteiger partial charge in [0.15, 0.2) is 0 Å². The third kappa shape index (κ3) is 2.26. The number of fused-ring (bicyclic) bond motifs is 3. The molecule has 8 atom stereocenters. The molecule has 3 aliphatic rings. The fourth-order valence-corrected chi connectivity index (χ4v) is 5.14. The van der Waals surface area contributed by atoms with Crippen molar-refractivity contribution in [1.82, 2.24) is 0 Å². The summed E-state index contributed by atoms with van der Waals surface area (Å²) in [6, 6.07) is 0. The van der Waals surface area contributed by atoms with Crippen molar-refractivity contribution in [3.05, 3.63) is 24.8 Å². The number of aliphatic hydroxyl groups is 1. The van der Waals surface area contributed by atoms with Crippen molar-refractivity contribution in [2.45, 2.75) is 32.3 Å². The van der Waals surface area contributed by atoms with E-state index in [1.54, 1.807) is 0 Å². The molecule has 0 aromatic carbocycles. The third-order valence-electron chi connectivity index (χ3n) is 6.12. The number of hydrogen-bond donors (Lipinski definition) is 1. The average molecular weight is 290 g/mol. The lowest BCUT2D eigenvalue weighted by Crippen LogP contribution is -2.40. The molecule has 0 spiro atoms. The van der Waals surface area contributed by atoms with Gasteiger partial charge in [0.25, 0.3) is 0 Å². The lowest BCUT2D eigenvalue weighted by molar-refractivity contribution is -0.151. The molecule has 0 radical (unpaired) electrons. The van der Waals surface area contributed by atoms with Crippen molar-refractivity contribution in [2.24, 2.45) is 41.4 Å². The van der Waals surface area contributed by atoms with Gasteiger partial charge < -0.3 is 9.84 Å². The molecular weight excluding hydrogens is 264 g/mol. The van der Waals surface area contributed by atoms with Gasteiger partial charge >= 0.3 is 5.97 Å². The maximum absolute atomic E-state index is 12.3. The van der Waals surface area contributed by atoms with Crippen molar-refractivity contribution < 1.29 is 14.6 Å². The summed E-state index contributed by atoms with van der Waals surface area (Å²) in [5.41, 5.74) is 0. The van der Waals surface area contributed by atoms with Crippen LogP contribution in [0.1, 0.15) is 26.2 Å². The van der Waals surface area contributed by atoms with E-state index in [2.05, 4.69) is 25.7 Å². The van der Waals surface area contributed by atoms with E-state index < -0.39 is 0 Å². The van der Waals surface area contributed by atoms with Crippen molar-refractivity contribution in [3.63, 3.8) is 0 Å². The molecular formula is C18H26O3. The first-order valence-corrected chi connectivity index (χ1v) is 8.15. The summed E-state index contributed by atoms with van der Waals surface area (Å²) in [5.74, 6) is 1.38. The molecule has 2 fully saturated rings. The SMILES string of the molecule is C=C[C@H]1C=C[C@H]2[C@@H]3C[C@H](C)CC[C@H]3[C@H](O)[C@@H]2[C@H]1C(=O)OC. The minimum atomic E-state index is -0.385. The Kier molecular flexibility index (Phi) is 3.96. The van der Waals surface area contributed by atoms with E-state index in [1.807, 2.05) is 6.08 Å². The van der Waals surface area contributed by atoms with Crippen LogP contribution in [0.3, 0.4) is 0 Å². The number of carbonyl (C=O) groups is 1. The molecule has 0 saturated heterocycles. The zero-order valence-corrected chi connectivity index (χ0v) is 12.9. The summed E-state index contributed by atoms with van der Waals surface area (Å²) in [7, 11) is 1.44. The summed E-state index contributed by atoms with van der Waals surface area (Å²) in [4.78, 5) is 12.3. The summed E-state index contributed by atoms with van der Waals surface area (Å²) < 4.78 is 5.02. The lowest BCUT2D eigenvalue weighted by Gasteiger charge is -2.36. The molecule has 3 heteroatoms. The van der Waals surface area contributed by atoms with Crippen LogP contribution in [-0.2, 0) is 9.53 Å². The monoisotopic (exact) mass is 290 g/mol. The normalized spacial score (nSPS) is 48.3. The van der Waals surface area contributed by atoms with E-state index in [9.17, 15) is 9.90 Å². The molecule has 3 nitrogen and oxygen atoms in total. The Morgan fingerprint density at radius 3 is 2.76 bits per heavy atom. The first-order chi connectivity index (χ1) is 10.1. The number of hydrogen-bond acceptors (Lipinski definition) is 3. The molecule has 3 aliphatic carbocycles. The second-order valence-electron chi connectivity index (χ2n) is 7.14. The fraction of sp³-hybridized carbons (Fsp3) is 0.722. The quantitative estimate of drug-likeness (QED) is 0.628. The van der Waals surface area contributed by atoms with E-state index in [0.29, 0.717) is 17.8 Å². The zero-order chi connectivity index (χ0) is 15.1. The highest BCUT2D eigenvalue weighted by Crippen LogP contribution is 2.56. The van der Waals surface area contributed by atoms with Gasteiger partial charge in [-0.25, -0.2) is 0 Å². The second kappa shape index (κ2) is 5.60. The smallest absolute Gasteiger partial charge is 0.309 e. The van der Waals surface area contributed by atoms with Gasteiger partial charge in [-0.15, -0.1) is 6.58 Å². The second-order valence-corrected chi connectivity index (χ2v) is 7.14. The van der Waals surface area contributed by atoms with E-state index in [1.165, 1.54) is 20.0 Å². The van der Waals surface area contributed by atoms with Gasteiger partial charge in [-0.3, -0.25) is 4.79 Å². The average Bonchev–Trinajstić information content (AvgIpc) is 2.78. The highest BCUT2D eigenvalue weighted by Gasteiger charge is 2.56. The molecule has 3 rings (SSSR count).